The molecule has 0 bridgehead atoms. The van der Waals surface area contributed by atoms with Crippen LogP contribution in [0.15, 0.2) is 63.0 Å². The van der Waals surface area contributed by atoms with Crippen LogP contribution in [0, 0.1) is 13.8 Å². The fraction of sp³-hybridized carbons (Fsp3) is 0.341. The van der Waals surface area contributed by atoms with Gasteiger partial charge in [0.2, 0.25) is 9.58 Å². The number of alkyl halides is 6. The van der Waals surface area contributed by atoms with Crippen molar-refractivity contribution in [3.63, 3.8) is 0 Å². The second-order valence-electron chi connectivity index (χ2n) is 14.9. The van der Waals surface area contributed by atoms with E-state index in [0.29, 0.717) is 40.4 Å². The van der Waals surface area contributed by atoms with E-state index in [-0.39, 0.29) is 45.8 Å². The molecule has 0 aliphatic rings. The fourth-order valence-electron chi connectivity index (χ4n) is 6.79. The van der Waals surface area contributed by atoms with Crippen molar-refractivity contribution in [1.82, 2.24) is 34.3 Å². The molecule has 0 amide bonds. The molecule has 0 atom stereocenters. The lowest BCUT2D eigenvalue weighted by atomic mass is 9.89. The molecule has 15 nitrogen and oxygen atoms in total. The summed E-state index contributed by atoms with van der Waals surface area (Å²) in [6, 6.07) is 10.7. The van der Waals surface area contributed by atoms with Gasteiger partial charge in [-0.3, -0.25) is 24.2 Å². The number of hydrogen-bond donors (Lipinski definition) is 2. The van der Waals surface area contributed by atoms with Gasteiger partial charge in [-0.25, -0.2) is 27.6 Å². The minimum absolute atomic E-state index is 0.00301. The predicted molar refractivity (Wildman–Crippen MR) is 255 cm³/mol. The first-order valence-corrected chi connectivity index (χ1v) is 24.1. The molecule has 24 heteroatoms. The molecule has 0 aliphatic carbocycles. The smallest absolute Gasteiger partial charge is 0.416 e. The van der Waals surface area contributed by atoms with Crippen LogP contribution in [0.25, 0.3) is 16.8 Å². The number of benzene rings is 3. The Balaban J connectivity index is 0.000000223. The van der Waals surface area contributed by atoms with Crippen molar-refractivity contribution >= 4 is 79.6 Å². The topological polar surface area (TPSA) is 201 Å². The van der Waals surface area contributed by atoms with Gasteiger partial charge in [0.25, 0.3) is 16.9 Å². The standard InChI is InChI=1S/C18H24N2O2.C14H13F3N2O4S.C12H8Cl5N3O2/c1-6-12-9-13(7-2)15(14(8-3)10-12)16-17(21)11(4)19-20(5)18(16)22;1-7-11(13(21)19(2)18-7)12(20)9-5-4-8(14(15,16)17)6-10(9)24(3,22)23;1-2-22-10(21)9-18-11(12(15,16)17)20(19-9)8-4-3-6(13)5-7(8)14/h9-10,21H,6-8H2,1-5H3;4-6,18H,1-3H3;3-5H,2H2,1H3. The van der Waals surface area contributed by atoms with Crippen LogP contribution in [0.5, 0.6) is 5.75 Å². The van der Waals surface area contributed by atoms with Gasteiger partial charge < -0.3 is 9.84 Å². The van der Waals surface area contributed by atoms with Crippen LogP contribution in [0.1, 0.15) is 93.7 Å². The number of H-pyrrole nitrogens is 1. The summed E-state index contributed by atoms with van der Waals surface area (Å²) in [5, 5.41) is 21.8. The summed E-state index contributed by atoms with van der Waals surface area (Å²) < 4.78 is 68.5. The third kappa shape index (κ3) is 12.5. The summed E-state index contributed by atoms with van der Waals surface area (Å²) >= 11 is 29.6. The SMILES string of the molecule is CCOC(=O)c1nc(C(Cl)(Cl)Cl)n(-c2ccc(Cl)cc2Cl)n1.CCc1cc(CC)c(-c2c(O)c(C)nn(C)c2=O)c(CC)c1.Cc1[nH]n(C)c(=O)c1C(=O)c1ccc(C(F)(F)F)cc1S(C)(=O)=O. The van der Waals surface area contributed by atoms with Crippen LogP contribution in [0.4, 0.5) is 13.2 Å². The van der Waals surface area contributed by atoms with Crippen molar-refractivity contribution in [2.45, 2.75) is 75.7 Å². The number of aromatic hydroxyl groups is 1. The number of hydrogen-bond acceptors (Lipinski definition) is 11. The van der Waals surface area contributed by atoms with Crippen molar-refractivity contribution < 1.29 is 41.0 Å². The van der Waals surface area contributed by atoms with E-state index in [1.54, 1.807) is 33.0 Å². The number of aromatic nitrogens is 7. The van der Waals surface area contributed by atoms with Crippen LogP contribution >= 0.6 is 58.0 Å². The highest BCUT2D eigenvalue weighted by atomic mass is 35.6. The van der Waals surface area contributed by atoms with Gasteiger partial charge in [-0.05, 0) is 98.7 Å². The molecule has 0 aliphatic heterocycles. The van der Waals surface area contributed by atoms with E-state index in [1.807, 2.05) is 0 Å². The molecule has 2 N–H and O–H groups in total. The zero-order chi connectivity index (χ0) is 51.4. The molecule has 68 heavy (non-hydrogen) atoms. The summed E-state index contributed by atoms with van der Waals surface area (Å²) in [4.78, 5) is 52.0. The van der Waals surface area contributed by atoms with Crippen molar-refractivity contribution in [2.75, 3.05) is 12.9 Å². The summed E-state index contributed by atoms with van der Waals surface area (Å²) in [6.45, 7) is 11.2. The van der Waals surface area contributed by atoms with Crippen molar-refractivity contribution in [1.29, 1.82) is 0 Å². The van der Waals surface area contributed by atoms with Crippen LogP contribution in [0.3, 0.4) is 0 Å². The maximum absolute atomic E-state index is 12.8. The van der Waals surface area contributed by atoms with Gasteiger partial charge in [0, 0.05) is 36.6 Å². The van der Waals surface area contributed by atoms with E-state index in [1.165, 1.54) is 30.3 Å². The second-order valence-corrected chi connectivity index (χ2v) is 20.0. The van der Waals surface area contributed by atoms with E-state index in [4.69, 9.17) is 62.7 Å². The molecule has 0 spiro atoms. The van der Waals surface area contributed by atoms with Crippen molar-refractivity contribution in [3.05, 3.63) is 136 Å². The number of aryl methyl sites for hydroxylation is 7. The zero-order valence-electron chi connectivity index (χ0n) is 37.9. The molecule has 0 saturated heterocycles. The molecule has 3 aromatic carbocycles. The molecule has 6 aromatic rings. The highest BCUT2D eigenvalue weighted by Gasteiger charge is 2.35. The minimum atomic E-state index is -4.76. The lowest BCUT2D eigenvalue weighted by molar-refractivity contribution is -0.137. The minimum Gasteiger partial charge on any atom is -0.505 e. The normalized spacial score (nSPS) is 11.7. The van der Waals surface area contributed by atoms with Crippen LogP contribution < -0.4 is 11.1 Å². The zero-order valence-corrected chi connectivity index (χ0v) is 42.5. The van der Waals surface area contributed by atoms with Crippen LogP contribution in [-0.4, -0.2) is 72.5 Å². The van der Waals surface area contributed by atoms with Gasteiger partial charge >= 0.3 is 12.1 Å². The molecule has 3 aromatic heterocycles. The molecule has 3 heterocycles. The molecule has 0 unspecified atom stereocenters. The molecule has 0 radical (unpaired) electrons. The number of ether oxygens (including phenoxy) is 1. The highest BCUT2D eigenvalue weighted by Crippen LogP contribution is 2.39. The van der Waals surface area contributed by atoms with E-state index in [0.717, 1.165) is 51.4 Å². The van der Waals surface area contributed by atoms with E-state index in [2.05, 4.69) is 53.2 Å². The lowest BCUT2D eigenvalue weighted by Gasteiger charge is -2.17. The number of nitrogens with zero attached hydrogens (tertiary/aromatic N) is 6. The van der Waals surface area contributed by atoms with Gasteiger partial charge in [0.15, 0.2) is 21.4 Å². The van der Waals surface area contributed by atoms with Crippen LogP contribution in [-0.2, 0) is 57.9 Å². The number of nitrogens with one attached hydrogen (secondary N) is 1. The summed E-state index contributed by atoms with van der Waals surface area (Å²) in [5.74, 6) is -2.03. The Labute approximate surface area is 413 Å². The van der Waals surface area contributed by atoms with E-state index in [9.17, 15) is 45.9 Å². The average molecular weight is 1070 g/mol. The fourth-order valence-corrected chi connectivity index (χ4v) is 8.55. The Morgan fingerprint density at radius 1 is 0.853 bits per heavy atom. The Kier molecular flexibility index (Phi) is 18.0. The van der Waals surface area contributed by atoms with Gasteiger partial charge in [-0.2, -0.15) is 18.3 Å². The summed E-state index contributed by atoms with van der Waals surface area (Å²) in [5.41, 5.74) is 2.81. The Morgan fingerprint density at radius 3 is 1.93 bits per heavy atom. The maximum Gasteiger partial charge on any atom is 0.416 e. The Bertz CT molecular complexity index is 3100. The van der Waals surface area contributed by atoms with Gasteiger partial charge in [0.05, 0.1) is 33.3 Å². The molecular weight excluding hydrogens is 1020 g/mol. The van der Waals surface area contributed by atoms with Crippen molar-refractivity contribution in [2.24, 2.45) is 14.1 Å². The molecule has 0 saturated carbocycles. The van der Waals surface area contributed by atoms with Gasteiger partial charge in [-0.1, -0.05) is 90.9 Å². The number of carbonyl (C=O) groups excluding carboxylic acids is 2. The first-order valence-electron chi connectivity index (χ1n) is 20.3. The monoisotopic (exact) mass is 1060 g/mol. The number of sulfone groups is 1. The van der Waals surface area contributed by atoms with Gasteiger partial charge in [-0.15, -0.1) is 5.10 Å². The maximum atomic E-state index is 12.8. The third-order valence-corrected chi connectivity index (χ3v) is 12.2. The van der Waals surface area contributed by atoms with Crippen LogP contribution in [0.2, 0.25) is 10.0 Å². The second kappa shape index (κ2) is 22.1. The lowest BCUT2D eigenvalue weighted by Crippen LogP contribution is -2.23. The summed E-state index contributed by atoms with van der Waals surface area (Å²) in [7, 11) is -1.15. The Morgan fingerprint density at radius 2 is 1.46 bits per heavy atom. The van der Waals surface area contributed by atoms with E-state index >= 15 is 0 Å². The number of carbonyl (C=O) groups is 2. The largest absolute Gasteiger partial charge is 0.505 e. The predicted octanol–water partition coefficient (Wildman–Crippen LogP) is 9.40. The first-order chi connectivity index (χ1) is 31.5. The number of ketones is 1. The molecule has 366 valence electrons. The van der Waals surface area contributed by atoms with E-state index < -0.39 is 53.1 Å². The summed E-state index contributed by atoms with van der Waals surface area (Å²) in [6.07, 6.45) is -1.47. The van der Waals surface area contributed by atoms with Crippen molar-refractivity contribution in [3.8, 4) is 22.6 Å². The number of esters is 1. The highest BCUT2D eigenvalue weighted by molar-refractivity contribution is 7.90. The molecule has 0 fully saturated rings. The number of halogens is 8. The number of aromatic amines is 1. The number of rotatable bonds is 10. The first kappa shape index (κ1) is 55.4. The molecule has 6 rings (SSSR count). The Hall–Kier alpha value is -5.18. The molecular formula is C44H45Cl5F3N7O8S. The third-order valence-electron chi connectivity index (χ3n) is 10.0. The quantitative estimate of drug-likeness (QED) is 0.0752. The van der Waals surface area contributed by atoms with Gasteiger partial charge in [0.1, 0.15) is 11.3 Å². The average Bonchev–Trinajstić information content (AvgIpc) is 3.82.